The van der Waals surface area contributed by atoms with E-state index in [0.29, 0.717) is 13.0 Å². The average molecular weight is 288 g/mol. The van der Waals surface area contributed by atoms with Gasteiger partial charge in [-0.05, 0) is 43.1 Å². The molecule has 5 nitrogen and oxygen atoms in total. The maximum Gasteiger partial charge on any atom is 0.326 e. The van der Waals surface area contributed by atoms with Gasteiger partial charge in [0.1, 0.15) is 6.04 Å². The van der Waals surface area contributed by atoms with E-state index in [4.69, 9.17) is 5.11 Å². The second-order valence-electron chi connectivity index (χ2n) is 5.21. The third-order valence-corrected chi connectivity index (χ3v) is 4.65. The molecule has 110 valence electrons. The van der Waals surface area contributed by atoms with Crippen molar-refractivity contribution >= 4 is 23.8 Å². The number of hydrogen-bond acceptors (Lipinski definition) is 3. The molecule has 0 aromatic heterocycles. The van der Waals surface area contributed by atoms with Gasteiger partial charge in [-0.1, -0.05) is 13.3 Å². The van der Waals surface area contributed by atoms with Crippen LogP contribution in [0.25, 0.3) is 0 Å². The van der Waals surface area contributed by atoms with Crippen molar-refractivity contribution in [2.24, 2.45) is 5.41 Å². The topological polar surface area (TPSA) is 78.4 Å². The molecule has 2 amide bonds. The molecule has 1 rings (SSSR count). The van der Waals surface area contributed by atoms with Crippen molar-refractivity contribution in [1.82, 2.24) is 10.6 Å². The molecular weight excluding hydrogens is 264 g/mol. The van der Waals surface area contributed by atoms with Crippen LogP contribution in [-0.2, 0) is 4.79 Å². The van der Waals surface area contributed by atoms with Crippen molar-refractivity contribution in [3.63, 3.8) is 0 Å². The summed E-state index contributed by atoms with van der Waals surface area (Å²) < 4.78 is 0. The first kappa shape index (κ1) is 16.1. The Bertz CT molecular complexity index is 314. The molecule has 0 heterocycles. The van der Waals surface area contributed by atoms with E-state index in [1.165, 1.54) is 6.42 Å². The summed E-state index contributed by atoms with van der Waals surface area (Å²) in [5, 5.41) is 14.4. The number of rotatable bonds is 8. The quantitative estimate of drug-likeness (QED) is 0.639. The minimum atomic E-state index is -0.974. The van der Waals surface area contributed by atoms with Crippen LogP contribution in [0.3, 0.4) is 0 Å². The highest BCUT2D eigenvalue weighted by atomic mass is 32.2. The second-order valence-corrected chi connectivity index (χ2v) is 6.19. The van der Waals surface area contributed by atoms with Crippen LogP contribution in [-0.4, -0.2) is 41.7 Å². The van der Waals surface area contributed by atoms with E-state index < -0.39 is 12.0 Å². The number of hydrogen-bond donors (Lipinski definition) is 3. The Morgan fingerprint density at radius 2 is 2.11 bits per heavy atom. The first-order valence-corrected chi connectivity index (χ1v) is 8.18. The molecule has 0 saturated heterocycles. The van der Waals surface area contributed by atoms with Gasteiger partial charge in [-0.2, -0.15) is 11.8 Å². The van der Waals surface area contributed by atoms with Crippen molar-refractivity contribution in [2.45, 2.75) is 45.1 Å². The lowest BCUT2D eigenvalue weighted by atomic mass is 9.67. The van der Waals surface area contributed by atoms with Crippen LogP contribution < -0.4 is 10.6 Å². The van der Waals surface area contributed by atoms with Crippen molar-refractivity contribution in [2.75, 3.05) is 18.6 Å². The van der Waals surface area contributed by atoms with Gasteiger partial charge in [-0.15, -0.1) is 0 Å². The Balaban J connectivity index is 2.33. The number of carbonyl (C=O) groups excluding carboxylic acids is 1. The predicted octanol–water partition coefficient (Wildman–Crippen LogP) is 2.07. The third kappa shape index (κ3) is 4.93. The van der Waals surface area contributed by atoms with Crippen LogP contribution in [0.5, 0.6) is 0 Å². The maximum atomic E-state index is 11.7. The molecule has 0 unspecified atom stereocenters. The Kier molecular flexibility index (Phi) is 6.48. The van der Waals surface area contributed by atoms with Crippen LogP contribution >= 0.6 is 11.8 Å². The molecule has 1 fully saturated rings. The molecule has 3 N–H and O–H groups in total. The van der Waals surface area contributed by atoms with E-state index in [1.807, 2.05) is 6.26 Å². The molecule has 0 bridgehead atoms. The highest BCUT2D eigenvalue weighted by Crippen LogP contribution is 2.42. The molecule has 0 aromatic carbocycles. The SMILES string of the molecule is CCC1(CNC(=O)N[C@H](CCSC)C(=O)O)CCC1. The van der Waals surface area contributed by atoms with Crippen molar-refractivity contribution in [3.8, 4) is 0 Å². The molecule has 1 saturated carbocycles. The van der Waals surface area contributed by atoms with Crippen molar-refractivity contribution in [3.05, 3.63) is 0 Å². The summed E-state index contributed by atoms with van der Waals surface area (Å²) in [5.74, 6) is -0.256. The van der Waals surface area contributed by atoms with Gasteiger partial charge in [0.15, 0.2) is 0 Å². The van der Waals surface area contributed by atoms with Crippen LogP contribution in [0.4, 0.5) is 4.79 Å². The van der Waals surface area contributed by atoms with Gasteiger partial charge >= 0.3 is 12.0 Å². The standard InChI is InChI=1S/C13H24N2O3S/c1-3-13(6-4-7-13)9-14-12(18)15-10(11(16)17)5-8-19-2/h10H,3-9H2,1-2H3,(H,16,17)(H2,14,15,18)/t10-/m1/s1. The smallest absolute Gasteiger partial charge is 0.326 e. The van der Waals surface area contributed by atoms with Gasteiger partial charge in [0.05, 0.1) is 0 Å². The summed E-state index contributed by atoms with van der Waals surface area (Å²) >= 11 is 1.57. The van der Waals surface area contributed by atoms with E-state index in [2.05, 4.69) is 17.6 Å². The third-order valence-electron chi connectivity index (χ3n) is 4.00. The van der Waals surface area contributed by atoms with E-state index in [0.717, 1.165) is 25.0 Å². The lowest BCUT2D eigenvalue weighted by Gasteiger charge is -2.41. The molecule has 1 atom stereocenters. The molecule has 19 heavy (non-hydrogen) atoms. The van der Waals surface area contributed by atoms with E-state index in [9.17, 15) is 9.59 Å². The lowest BCUT2D eigenvalue weighted by Crippen LogP contribution is -2.50. The minimum Gasteiger partial charge on any atom is -0.480 e. The zero-order chi connectivity index (χ0) is 14.3. The fourth-order valence-electron chi connectivity index (χ4n) is 2.30. The summed E-state index contributed by atoms with van der Waals surface area (Å²) in [4.78, 5) is 22.7. The largest absolute Gasteiger partial charge is 0.480 e. The first-order chi connectivity index (χ1) is 9.03. The fourth-order valence-corrected chi connectivity index (χ4v) is 2.77. The van der Waals surface area contributed by atoms with Crippen molar-refractivity contribution in [1.29, 1.82) is 0 Å². The first-order valence-electron chi connectivity index (χ1n) is 6.79. The fraction of sp³-hybridized carbons (Fsp3) is 0.846. The van der Waals surface area contributed by atoms with Crippen LogP contribution in [0.2, 0.25) is 0 Å². The van der Waals surface area contributed by atoms with Crippen LogP contribution in [0.1, 0.15) is 39.0 Å². The Morgan fingerprint density at radius 1 is 1.42 bits per heavy atom. The summed E-state index contributed by atoms with van der Waals surface area (Å²) in [5.41, 5.74) is 0.245. The van der Waals surface area contributed by atoms with Gasteiger partial charge in [0, 0.05) is 6.54 Å². The molecule has 0 radical (unpaired) electrons. The van der Waals surface area contributed by atoms with Gasteiger partial charge in [-0.3, -0.25) is 0 Å². The molecular formula is C13H24N2O3S. The predicted molar refractivity (Wildman–Crippen MR) is 77.5 cm³/mol. The second kappa shape index (κ2) is 7.62. The average Bonchev–Trinajstić information content (AvgIpc) is 2.33. The summed E-state index contributed by atoms with van der Waals surface area (Å²) in [6, 6.07) is -1.17. The molecule has 0 spiro atoms. The van der Waals surface area contributed by atoms with E-state index in [1.54, 1.807) is 11.8 Å². The summed E-state index contributed by atoms with van der Waals surface area (Å²) in [6.07, 6.45) is 6.95. The van der Waals surface area contributed by atoms with Crippen LogP contribution in [0.15, 0.2) is 0 Å². The van der Waals surface area contributed by atoms with Gasteiger partial charge in [0.2, 0.25) is 0 Å². The van der Waals surface area contributed by atoms with Gasteiger partial charge in [-0.25, -0.2) is 9.59 Å². The van der Waals surface area contributed by atoms with E-state index in [-0.39, 0.29) is 11.4 Å². The number of aliphatic carboxylic acids is 1. The number of carbonyl (C=O) groups is 2. The van der Waals surface area contributed by atoms with Crippen molar-refractivity contribution < 1.29 is 14.7 Å². The van der Waals surface area contributed by atoms with Crippen LogP contribution in [0, 0.1) is 5.41 Å². The number of carboxylic acids is 1. The molecule has 1 aliphatic rings. The number of thioether (sulfide) groups is 1. The zero-order valence-corrected chi connectivity index (χ0v) is 12.5. The summed E-state index contributed by atoms with van der Waals surface area (Å²) in [7, 11) is 0. The Labute approximate surface area is 118 Å². The number of urea groups is 1. The van der Waals surface area contributed by atoms with Gasteiger partial charge < -0.3 is 15.7 Å². The Morgan fingerprint density at radius 3 is 2.53 bits per heavy atom. The normalized spacial score (nSPS) is 18.2. The monoisotopic (exact) mass is 288 g/mol. The highest BCUT2D eigenvalue weighted by molar-refractivity contribution is 7.98. The minimum absolute atomic E-state index is 0.245. The maximum absolute atomic E-state index is 11.7. The number of nitrogens with one attached hydrogen (secondary N) is 2. The zero-order valence-electron chi connectivity index (χ0n) is 11.7. The highest BCUT2D eigenvalue weighted by Gasteiger charge is 2.35. The number of carboxylic acid groups (broad SMARTS) is 1. The molecule has 0 aromatic rings. The van der Waals surface area contributed by atoms with E-state index >= 15 is 0 Å². The molecule has 6 heteroatoms. The molecule has 1 aliphatic carbocycles. The van der Waals surface area contributed by atoms with Gasteiger partial charge in [0.25, 0.3) is 0 Å². The molecule has 0 aliphatic heterocycles. The number of amides is 2. The Hall–Kier alpha value is -0.910. The lowest BCUT2D eigenvalue weighted by molar-refractivity contribution is -0.139. The summed E-state index contributed by atoms with van der Waals surface area (Å²) in [6.45, 7) is 2.78.